The lowest BCUT2D eigenvalue weighted by Crippen LogP contribution is -2.44. The van der Waals surface area contributed by atoms with Crippen LogP contribution in [0.2, 0.25) is 0 Å². The highest BCUT2D eigenvalue weighted by Crippen LogP contribution is 2.32. The van der Waals surface area contributed by atoms with Crippen LogP contribution >= 0.6 is 11.8 Å². The van der Waals surface area contributed by atoms with E-state index in [4.69, 9.17) is 5.26 Å². The van der Waals surface area contributed by atoms with Gasteiger partial charge >= 0.3 is 0 Å². The van der Waals surface area contributed by atoms with Crippen LogP contribution in [0.5, 0.6) is 0 Å². The Bertz CT molecular complexity index is 541. The van der Waals surface area contributed by atoms with E-state index in [9.17, 15) is 10.1 Å². The van der Waals surface area contributed by atoms with E-state index in [2.05, 4.69) is 18.7 Å². The number of nitrogens with zero attached hydrogens (tertiary/aromatic N) is 3. The van der Waals surface area contributed by atoms with Crippen molar-refractivity contribution in [2.75, 3.05) is 17.2 Å². The first-order valence-electron chi connectivity index (χ1n) is 6.11. The van der Waals surface area contributed by atoms with Crippen molar-refractivity contribution in [2.45, 2.75) is 25.1 Å². The summed E-state index contributed by atoms with van der Waals surface area (Å²) in [5, 5.41) is 20.4. The van der Waals surface area contributed by atoms with Gasteiger partial charge in [-0.2, -0.15) is 17.0 Å². The van der Waals surface area contributed by atoms with Crippen molar-refractivity contribution < 1.29 is 4.92 Å². The summed E-state index contributed by atoms with van der Waals surface area (Å²) in [7, 11) is 0. The lowest BCUT2D eigenvalue weighted by Gasteiger charge is -2.39. The van der Waals surface area contributed by atoms with E-state index in [1.54, 1.807) is 6.07 Å². The summed E-state index contributed by atoms with van der Waals surface area (Å²) in [4.78, 5) is 12.7. The summed E-state index contributed by atoms with van der Waals surface area (Å²) in [5.74, 6) is 1.01. The molecule has 1 heterocycles. The lowest BCUT2D eigenvalue weighted by molar-refractivity contribution is -0.385. The minimum Gasteiger partial charge on any atom is -0.367 e. The number of thioether (sulfide) groups is 1. The molecule has 2 atom stereocenters. The van der Waals surface area contributed by atoms with Crippen LogP contribution in [0.15, 0.2) is 18.2 Å². The molecule has 1 aromatic rings. The fourth-order valence-corrected chi connectivity index (χ4v) is 3.34. The van der Waals surface area contributed by atoms with Crippen LogP contribution in [-0.2, 0) is 0 Å². The highest BCUT2D eigenvalue weighted by Gasteiger charge is 2.27. The van der Waals surface area contributed by atoms with Crippen LogP contribution in [0.3, 0.4) is 0 Å². The molecule has 0 aromatic heterocycles. The maximum Gasteiger partial charge on any atom is 0.289 e. The van der Waals surface area contributed by atoms with E-state index in [1.807, 2.05) is 17.8 Å². The molecule has 0 N–H and O–H groups in total. The molecule has 2 unspecified atom stereocenters. The number of nitro groups is 1. The van der Waals surface area contributed by atoms with Gasteiger partial charge in [0.1, 0.15) is 11.6 Å². The smallest absolute Gasteiger partial charge is 0.289 e. The summed E-state index contributed by atoms with van der Waals surface area (Å²) in [6.07, 6.45) is 0. The summed E-state index contributed by atoms with van der Waals surface area (Å²) in [6.45, 7) is 5.17. The van der Waals surface area contributed by atoms with Gasteiger partial charge in [0.2, 0.25) is 0 Å². The number of anilines is 1. The van der Waals surface area contributed by atoms with Crippen molar-refractivity contribution in [3.8, 4) is 6.07 Å². The monoisotopic (exact) mass is 277 g/mol. The van der Waals surface area contributed by atoms with Gasteiger partial charge < -0.3 is 4.90 Å². The molecule has 1 fully saturated rings. The Hall–Kier alpha value is -1.74. The van der Waals surface area contributed by atoms with Gasteiger partial charge in [0.25, 0.3) is 5.69 Å². The highest BCUT2D eigenvalue weighted by atomic mass is 32.2. The number of nitriles is 1. The van der Waals surface area contributed by atoms with Gasteiger partial charge in [0.15, 0.2) is 0 Å². The molecular weight excluding hydrogens is 262 g/mol. The highest BCUT2D eigenvalue weighted by molar-refractivity contribution is 8.00. The molecule has 6 heteroatoms. The molecule has 0 saturated carbocycles. The Balaban J connectivity index is 2.38. The predicted octanol–water partition coefficient (Wildman–Crippen LogP) is 2.80. The van der Waals surface area contributed by atoms with Crippen LogP contribution in [0.4, 0.5) is 11.4 Å². The maximum absolute atomic E-state index is 11.0. The zero-order valence-electron chi connectivity index (χ0n) is 10.9. The molecule has 1 aliphatic rings. The summed E-state index contributed by atoms with van der Waals surface area (Å²) in [6, 6.07) is 7.03. The average Bonchev–Trinajstić information content (AvgIpc) is 2.41. The Morgan fingerprint density at radius 3 is 2.89 bits per heavy atom. The topological polar surface area (TPSA) is 70.2 Å². The number of hydrogen-bond donors (Lipinski definition) is 0. The van der Waals surface area contributed by atoms with Crippen molar-refractivity contribution in [2.24, 2.45) is 0 Å². The van der Waals surface area contributed by atoms with Gasteiger partial charge in [-0.05, 0) is 19.1 Å². The standard InChI is InChI=1S/C13H15N3O2S/c1-9-10(2)19-6-5-15(9)12-4-3-11(8-14)13(7-12)16(17)18/h3-4,7,9-10H,5-6H2,1-2H3. The Morgan fingerprint density at radius 1 is 1.53 bits per heavy atom. The van der Waals surface area contributed by atoms with E-state index in [0.29, 0.717) is 11.3 Å². The zero-order valence-corrected chi connectivity index (χ0v) is 11.7. The van der Waals surface area contributed by atoms with Crippen molar-refractivity contribution in [1.29, 1.82) is 5.26 Å². The van der Waals surface area contributed by atoms with Gasteiger partial charge in [0, 0.05) is 35.3 Å². The van der Waals surface area contributed by atoms with Crippen LogP contribution in [0.25, 0.3) is 0 Å². The molecule has 0 bridgehead atoms. The molecule has 0 amide bonds. The minimum atomic E-state index is -0.491. The fraction of sp³-hybridized carbons (Fsp3) is 0.462. The Labute approximate surface area is 116 Å². The summed E-state index contributed by atoms with van der Waals surface area (Å²) in [5.41, 5.74) is 0.823. The largest absolute Gasteiger partial charge is 0.367 e. The minimum absolute atomic E-state index is 0.112. The second-order valence-electron chi connectivity index (χ2n) is 4.58. The first-order valence-corrected chi connectivity index (χ1v) is 7.16. The van der Waals surface area contributed by atoms with E-state index in [0.717, 1.165) is 18.0 Å². The van der Waals surface area contributed by atoms with Crippen LogP contribution in [0.1, 0.15) is 19.4 Å². The average molecular weight is 277 g/mol. The molecule has 0 aliphatic carbocycles. The molecule has 2 rings (SSSR count). The van der Waals surface area contributed by atoms with Crippen LogP contribution in [-0.4, -0.2) is 28.5 Å². The molecule has 100 valence electrons. The molecule has 19 heavy (non-hydrogen) atoms. The van der Waals surface area contributed by atoms with E-state index < -0.39 is 4.92 Å². The summed E-state index contributed by atoms with van der Waals surface area (Å²) < 4.78 is 0. The number of hydrogen-bond acceptors (Lipinski definition) is 5. The first kappa shape index (κ1) is 13.7. The molecular formula is C13H15N3O2S. The third-order valence-electron chi connectivity index (χ3n) is 3.51. The van der Waals surface area contributed by atoms with Gasteiger partial charge in [-0.25, -0.2) is 0 Å². The van der Waals surface area contributed by atoms with E-state index in [-0.39, 0.29) is 11.3 Å². The zero-order chi connectivity index (χ0) is 14.0. The molecule has 1 saturated heterocycles. The van der Waals surface area contributed by atoms with E-state index in [1.165, 1.54) is 12.1 Å². The number of rotatable bonds is 2. The van der Waals surface area contributed by atoms with E-state index >= 15 is 0 Å². The van der Waals surface area contributed by atoms with Crippen molar-refractivity contribution in [1.82, 2.24) is 0 Å². The van der Waals surface area contributed by atoms with Crippen LogP contribution < -0.4 is 4.90 Å². The number of benzene rings is 1. The molecule has 0 spiro atoms. The normalized spacial score (nSPS) is 22.9. The van der Waals surface area contributed by atoms with Crippen molar-refractivity contribution >= 4 is 23.1 Å². The van der Waals surface area contributed by atoms with Crippen molar-refractivity contribution in [3.63, 3.8) is 0 Å². The first-order chi connectivity index (χ1) is 9.04. The molecule has 0 radical (unpaired) electrons. The van der Waals surface area contributed by atoms with Gasteiger partial charge in [-0.3, -0.25) is 10.1 Å². The van der Waals surface area contributed by atoms with Gasteiger partial charge in [0.05, 0.1) is 4.92 Å². The molecule has 1 aliphatic heterocycles. The molecule has 5 nitrogen and oxygen atoms in total. The Kier molecular flexibility index (Phi) is 3.96. The SMILES string of the molecule is CC1SCCN(c2ccc(C#N)c([N+](=O)[O-])c2)C1C. The summed E-state index contributed by atoms with van der Waals surface area (Å²) >= 11 is 1.91. The van der Waals surface area contributed by atoms with Gasteiger partial charge in [-0.1, -0.05) is 6.92 Å². The van der Waals surface area contributed by atoms with Gasteiger partial charge in [-0.15, -0.1) is 0 Å². The quantitative estimate of drug-likeness (QED) is 0.614. The third-order valence-corrected chi connectivity index (χ3v) is 4.85. The second kappa shape index (κ2) is 5.49. The fourth-order valence-electron chi connectivity index (χ4n) is 2.24. The molecule has 1 aromatic carbocycles. The van der Waals surface area contributed by atoms with Crippen molar-refractivity contribution in [3.05, 3.63) is 33.9 Å². The predicted molar refractivity (Wildman–Crippen MR) is 76.5 cm³/mol. The Morgan fingerprint density at radius 2 is 2.26 bits per heavy atom. The maximum atomic E-state index is 11.0. The third kappa shape index (κ3) is 2.66. The second-order valence-corrected chi connectivity index (χ2v) is 6.07. The number of nitro benzene ring substituents is 1. The lowest BCUT2D eigenvalue weighted by atomic mass is 10.1. The van der Waals surface area contributed by atoms with Crippen LogP contribution in [0, 0.1) is 21.4 Å².